The predicted molar refractivity (Wildman–Crippen MR) is 164 cm³/mol. The Morgan fingerprint density at radius 2 is 1.68 bits per heavy atom. The predicted octanol–water partition coefficient (Wildman–Crippen LogP) is 5.32. The molecule has 0 aliphatic heterocycles. The zero-order valence-corrected chi connectivity index (χ0v) is 25.7. The molecule has 220 valence electrons. The number of hydrogen-bond donors (Lipinski definition) is 1. The Labute approximate surface area is 252 Å². The Kier molecular flexibility index (Phi) is 11.9. The van der Waals surface area contributed by atoms with Gasteiger partial charge in [0, 0.05) is 29.6 Å². The first-order valence-electron chi connectivity index (χ1n) is 13.2. The number of carbonyl (C=O) groups excluding carboxylic acids is 2. The van der Waals surface area contributed by atoms with Gasteiger partial charge in [-0.05, 0) is 53.9 Å². The first-order chi connectivity index (χ1) is 19.5. The van der Waals surface area contributed by atoms with E-state index in [9.17, 15) is 18.0 Å². The number of ether oxygens (including phenoxy) is 1. The van der Waals surface area contributed by atoms with Crippen LogP contribution in [0.1, 0.15) is 30.9 Å². The number of nitrogens with zero attached hydrogens (tertiary/aromatic N) is 2. The molecule has 0 fully saturated rings. The lowest BCUT2D eigenvalue weighted by atomic mass is 10.0. The summed E-state index contributed by atoms with van der Waals surface area (Å²) in [7, 11) is -2.37. The van der Waals surface area contributed by atoms with E-state index in [4.69, 9.17) is 27.9 Å². The molecule has 3 aromatic rings. The number of hydrogen-bond acceptors (Lipinski definition) is 5. The summed E-state index contributed by atoms with van der Waals surface area (Å²) in [6, 6.07) is 19.7. The number of carbonyl (C=O) groups is 2. The average molecular weight is 621 g/mol. The summed E-state index contributed by atoms with van der Waals surface area (Å²) in [4.78, 5) is 29.1. The van der Waals surface area contributed by atoms with Crippen molar-refractivity contribution >= 4 is 50.7 Å². The Bertz CT molecular complexity index is 1420. The van der Waals surface area contributed by atoms with Crippen molar-refractivity contribution in [3.05, 3.63) is 94.0 Å². The highest BCUT2D eigenvalue weighted by Gasteiger charge is 2.33. The lowest BCUT2D eigenvalue weighted by Crippen LogP contribution is -2.53. The zero-order valence-electron chi connectivity index (χ0n) is 23.3. The van der Waals surface area contributed by atoms with Crippen LogP contribution in [0.3, 0.4) is 0 Å². The van der Waals surface area contributed by atoms with Gasteiger partial charge in [0.1, 0.15) is 18.3 Å². The van der Waals surface area contributed by atoms with Crippen LogP contribution in [-0.2, 0) is 32.6 Å². The van der Waals surface area contributed by atoms with Crippen molar-refractivity contribution in [1.82, 2.24) is 10.2 Å². The van der Waals surface area contributed by atoms with E-state index in [-0.39, 0.29) is 24.6 Å². The van der Waals surface area contributed by atoms with Crippen LogP contribution in [-0.4, -0.2) is 57.6 Å². The first kappa shape index (κ1) is 32.2. The van der Waals surface area contributed by atoms with Gasteiger partial charge >= 0.3 is 0 Å². The normalized spacial score (nSPS) is 11.9. The molecule has 0 heterocycles. The Balaban J connectivity index is 2.05. The van der Waals surface area contributed by atoms with E-state index in [1.54, 1.807) is 42.5 Å². The molecule has 11 heteroatoms. The molecule has 41 heavy (non-hydrogen) atoms. The molecule has 0 aliphatic carbocycles. The van der Waals surface area contributed by atoms with Gasteiger partial charge in [-0.3, -0.25) is 13.9 Å². The van der Waals surface area contributed by atoms with Crippen molar-refractivity contribution in [1.29, 1.82) is 0 Å². The van der Waals surface area contributed by atoms with Crippen LogP contribution in [0.5, 0.6) is 5.75 Å². The fraction of sp³-hybridized carbons (Fsp3) is 0.333. The largest absolute Gasteiger partial charge is 0.497 e. The topological polar surface area (TPSA) is 96.0 Å². The molecule has 1 atom stereocenters. The van der Waals surface area contributed by atoms with E-state index in [0.29, 0.717) is 27.9 Å². The van der Waals surface area contributed by atoms with Crippen molar-refractivity contribution in [2.45, 2.75) is 38.8 Å². The highest BCUT2D eigenvalue weighted by molar-refractivity contribution is 7.92. The minimum Gasteiger partial charge on any atom is -0.497 e. The third kappa shape index (κ3) is 9.38. The standard InChI is InChI=1S/C30H35Cl2N3O5S/c1-4-5-17-33-30(37)28(18-22-9-7-6-8-10-22)34(20-23-11-12-24(31)19-27(23)32)29(36)21-35(41(3,38)39)25-13-15-26(40-2)16-14-25/h6-16,19,28H,4-5,17-18,20-21H2,1-3H3,(H,33,37). The number of amides is 2. The number of rotatable bonds is 14. The van der Waals surface area contributed by atoms with Crippen molar-refractivity contribution in [3.8, 4) is 5.75 Å². The minimum atomic E-state index is -3.87. The van der Waals surface area contributed by atoms with E-state index in [2.05, 4.69) is 5.32 Å². The number of methoxy groups -OCH3 is 1. The Morgan fingerprint density at radius 1 is 1.00 bits per heavy atom. The van der Waals surface area contributed by atoms with Crippen LogP contribution in [0.2, 0.25) is 10.0 Å². The maximum absolute atomic E-state index is 14.1. The summed E-state index contributed by atoms with van der Waals surface area (Å²) in [5, 5.41) is 3.70. The lowest BCUT2D eigenvalue weighted by Gasteiger charge is -2.33. The number of sulfonamides is 1. The smallest absolute Gasteiger partial charge is 0.244 e. The van der Waals surface area contributed by atoms with Crippen LogP contribution < -0.4 is 14.4 Å². The molecule has 1 unspecified atom stereocenters. The third-order valence-corrected chi connectivity index (χ3v) is 8.22. The van der Waals surface area contributed by atoms with Gasteiger partial charge in [0.15, 0.2) is 0 Å². The molecule has 1 N–H and O–H groups in total. The maximum atomic E-state index is 14.1. The van der Waals surface area contributed by atoms with Gasteiger partial charge in [-0.1, -0.05) is 72.9 Å². The van der Waals surface area contributed by atoms with Crippen LogP contribution in [0, 0.1) is 0 Å². The van der Waals surface area contributed by atoms with Crippen molar-refractivity contribution in [3.63, 3.8) is 0 Å². The number of nitrogens with one attached hydrogen (secondary N) is 1. The van der Waals surface area contributed by atoms with Gasteiger partial charge in [-0.25, -0.2) is 8.42 Å². The number of benzene rings is 3. The molecule has 0 saturated heterocycles. The minimum absolute atomic E-state index is 0.0340. The van der Waals surface area contributed by atoms with Crippen LogP contribution in [0.25, 0.3) is 0 Å². The second-order valence-corrected chi connectivity index (χ2v) is 12.3. The second kappa shape index (κ2) is 15.1. The molecule has 0 aliphatic rings. The first-order valence-corrected chi connectivity index (χ1v) is 15.8. The summed E-state index contributed by atoms with van der Waals surface area (Å²) in [6.45, 7) is 1.91. The molecule has 0 saturated carbocycles. The molecule has 8 nitrogen and oxygen atoms in total. The van der Waals surface area contributed by atoms with E-state index < -0.39 is 28.5 Å². The van der Waals surface area contributed by atoms with Gasteiger partial charge in [0.05, 0.1) is 19.1 Å². The summed E-state index contributed by atoms with van der Waals surface area (Å²) in [5.41, 5.74) is 1.70. The maximum Gasteiger partial charge on any atom is 0.244 e. The number of anilines is 1. The zero-order chi connectivity index (χ0) is 30.0. The SMILES string of the molecule is CCCCNC(=O)C(Cc1ccccc1)N(Cc1ccc(Cl)cc1Cl)C(=O)CN(c1ccc(OC)cc1)S(C)(=O)=O. The summed E-state index contributed by atoms with van der Waals surface area (Å²) >= 11 is 12.6. The average Bonchev–Trinajstić information content (AvgIpc) is 2.94. The van der Waals surface area contributed by atoms with E-state index in [0.717, 1.165) is 29.0 Å². The molecular weight excluding hydrogens is 585 g/mol. The van der Waals surface area contributed by atoms with Crippen molar-refractivity contribution in [2.24, 2.45) is 0 Å². The third-order valence-electron chi connectivity index (χ3n) is 6.50. The van der Waals surface area contributed by atoms with Crippen LogP contribution in [0.15, 0.2) is 72.8 Å². The molecule has 2 amide bonds. The van der Waals surface area contributed by atoms with Gasteiger partial charge in [0.2, 0.25) is 21.8 Å². The summed E-state index contributed by atoms with van der Waals surface area (Å²) in [5.74, 6) is -0.362. The van der Waals surface area contributed by atoms with Gasteiger partial charge in [0.25, 0.3) is 0 Å². The summed E-state index contributed by atoms with van der Waals surface area (Å²) < 4.78 is 31.9. The van der Waals surface area contributed by atoms with E-state index in [1.807, 2.05) is 37.3 Å². The Morgan fingerprint density at radius 3 is 2.27 bits per heavy atom. The van der Waals surface area contributed by atoms with Crippen LogP contribution in [0.4, 0.5) is 5.69 Å². The quantitative estimate of drug-likeness (QED) is 0.246. The highest BCUT2D eigenvalue weighted by atomic mass is 35.5. The van der Waals surface area contributed by atoms with Crippen molar-refractivity contribution in [2.75, 3.05) is 30.8 Å². The molecule has 0 bridgehead atoms. The molecule has 0 aromatic heterocycles. The summed E-state index contributed by atoms with van der Waals surface area (Å²) in [6.07, 6.45) is 2.92. The van der Waals surface area contributed by atoms with E-state index in [1.165, 1.54) is 12.0 Å². The monoisotopic (exact) mass is 619 g/mol. The number of halogens is 2. The molecule has 3 aromatic carbocycles. The molecule has 0 radical (unpaired) electrons. The van der Waals surface area contributed by atoms with Gasteiger partial charge in [-0.15, -0.1) is 0 Å². The molecule has 0 spiro atoms. The number of unbranched alkanes of at least 4 members (excludes halogenated alkanes) is 1. The fourth-order valence-corrected chi connectivity index (χ4v) is 5.57. The second-order valence-electron chi connectivity index (χ2n) is 9.58. The van der Waals surface area contributed by atoms with Crippen LogP contribution >= 0.6 is 23.2 Å². The Hall–Kier alpha value is -3.27. The fourth-order valence-electron chi connectivity index (χ4n) is 4.26. The highest BCUT2D eigenvalue weighted by Crippen LogP contribution is 2.26. The van der Waals surface area contributed by atoms with E-state index >= 15 is 0 Å². The molecular formula is C30H35Cl2N3O5S. The lowest BCUT2D eigenvalue weighted by molar-refractivity contribution is -0.140. The van der Waals surface area contributed by atoms with Crippen molar-refractivity contribution < 1.29 is 22.7 Å². The van der Waals surface area contributed by atoms with Gasteiger partial charge in [-0.2, -0.15) is 0 Å². The van der Waals surface area contributed by atoms with Gasteiger partial charge < -0.3 is 15.0 Å². The molecule has 3 rings (SSSR count).